The van der Waals surface area contributed by atoms with Crippen LogP contribution in [0.4, 0.5) is 0 Å². The summed E-state index contributed by atoms with van der Waals surface area (Å²) < 4.78 is 0. The van der Waals surface area contributed by atoms with E-state index in [1.165, 1.54) is 0 Å². The van der Waals surface area contributed by atoms with Crippen molar-refractivity contribution in [1.82, 2.24) is 15.5 Å². The highest BCUT2D eigenvalue weighted by Crippen LogP contribution is 2.16. The van der Waals surface area contributed by atoms with Crippen LogP contribution in [0, 0.1) is 0 Å². The van der Waals surface area contributed by atoms with Crippen molar-refractivity contribution in [3.8, 4) is 0 Å². The van der Waals surface area contributed by atoms with Gasteiger partial charge in [-0.1, -0.05) is 23.7 Å². The van der Waals surface area contributed by atoms with Crippen molar-refractivity contribution in [2.24, 2.45) is 0 Å². The van der Waals surface area contributed by atoms with Gasteiger partial charge in [0, 0.05) is 31.2 Å². The third-order valence-corrected chi connectivity index (χ3v) is 4.06. The van der Waals surface area contributed by atoms with E-state index in [0.29, 0.717) is 5.02 Å². The molecule has 1 aromatic carbocycles. The Morgan fingerprint density at radius 2 is 1.85 bits per heavy atom. The summed E-state index contributed by atoms with van der Waals surface area (Å²) in [6.07, 6.45) is 0. The minimum absolute atomic E-state index is 0.00914. The highest BCUT2D eigenvalue weighted by Gasteiger charge is 2.23. The first-order valence-electron chi connectivity index (χ1n) is 7.08. The van der Waals surface area contributed by atoms with Gasteiger partial charge in [-0.3, -0.25) is 9.69 Å². The highest BCUT2D eigenvalue weighted by atomic mass is 35.5. The van der Waals surface area contributed by atoms with Gasteiger partial charge in [-0.2, -0.15) is 0 Å². The molecule has 1 aromatic rings. The van der Waals surface area contributed by atoms with E-state index in [9.17, 15) is 4.79 Å². The minimum atomic E-state index is -0.0909. The van der Waals surface area contributed by atoms with Crippen LogP contribution in [0.1, 0.15) is 25.5 Å². The van der Waals surface area contributed by atoms with Gasteiger partial charge in [0.25, 0.3) is 0 Å². The molecule has 1 heterocycles. The third-order valence-electron chi connectivity index (χ3n) is 3.81. The number of hydrogen-bond donors (Lipinski definition) is 2. The summed E-state index contributed by atoms with van der Waals surface area (Å²) in [5.41, 5.74) is 1.07. The topological polar surface area (TPSA) is 44.4 Å². The Bertz CT molecular complexity index is 443. The number of amides is 1. The van der Waals surface area contributed by atoms with Crippen LogP contribution in [0.5, 0.6) is 0 Å². The van der Waals surface area contributed by atoms with Crippen LogP contribution in [0.2, 0.25) is 5.02 Å². The molecular weight excluding hydrogens is 274 g/mol. The molecule has 0 radical (unpaired) electrons. The van der Waals surface area contributed by atoms with Crippen molar-refractivity contribution in [2.75, 3.05) is 26.2 Å². The Hall–Kier alpha value is -1.10. The van der Waals surface area contributed by atoms with Crippen molar-refractivity contribution >= 4 is 17.5 Å². The SMILES string of the molecule is CC(NC(=O)C(C)N1CCNCC1)c1ccc(Cl)cc1. The van der Waals surface area contributed by atoms with E-state index in [2.05, 4.69) is 15.5 Å². The molecule has 0 aromatic heterocycles. The fourth-order valence-corrected chi connectivity index (χ4v) is 2.53. The molecule has 110 valence electrons. The van der Waals surface area contributed by atoms with E-state index in [4.69, 9.17) is 11.6 Å². The fraction of sp³-hybridized carbons (Fsp3) is 0.533. The number of carbonyl (C=O) groups is 1. The number of hydrogen-bond acceptors (Lipinski definition) is 3. The van der Waals surface area contributed by atoms with Gasteiger partial charge in [0.2, 0.25) is 5.91 Å². The molecule has 5 heteroatoms. The monoisotopic (exact) mass is 295 g/mol. The zero-order chi connectivity index (χ0) is 14.5. The molecule has 20 heavy (non-hydrogen) atoms. The van der Waals surface area contributed by atoms with Crippen molar-refractivity contribution in [2.45, 2.75) is 25.9 Å². The lowest BCUT2D eigenvalue weighted by atomic mass is 10.1. The van der Waals surface area contributed by atoms with E-state index < -0.39 is 0 Å². The van der Waals surface area contributed by atoms with Crippen molar-refractivity contribution < 1.29 is 4.79 Å². The van der Waals surface area contributed by atoms with Crippen LogP contribution in [-0.4, -0.2) is 43.0 Å². The van der Waals surface area contributed by atoms with Crippen LogP contribution in [0.15, 0.2) is 24.3 Å². The summed E-state index contributed by atoms with van der Waals surface area (Å²) in [7, 11) is 0. The molecule has 0 saturated carbocycles. The number of nitrogens with zero attached hydrogens (tertiary/aromatic N) is 1. The molecule has 2 unspecified atom stereocenters. The maximum atomic E-state index is 12.3. The van der Waals surface area contributed by atoms with Gasteiger partial charge in [-0.25, -0.2) is 0 Å². The number of benzene rings is 1. The van der Waals surface area contributed by atoms with Gasteiger partial charge in [-0.15, -0.1) is 0 Å². The average molecular weight is 296 g/mol. The van der Waals surface area contributed by atoms with E-state index in [0.717, 1.165) is 31.7 Å². The highest BCUT2D eigenvalue weighted by molar-refractivity contribution is 6.30. The second kappa shape index (κ2) is 7.07. The summed E-state index contributed by atoms with van der Waals surface area (Å²) in [5, 5.41) is 7.07. The Morgan fingerprint density at radius 3 is 2.45 bits per heavy atom. The van der Waals surface area contributed by atoms with Gasteiger partial charge in [0.05, 0.1) is 12.1 Å². The zero-order valence-corrected chi connectivity index (χ0v) is 12.8. The van der Waals surface area contributed by atoms with Gasteiger partial charge in [-0.05, 0) is 31.5 Å². The van der Waals surface area contributed by atoms with Crippen LogP contribution in [0.3, 0.4) is 0 Å². The fourth-order valence-electron chi connectivity index (χ4n) is 2.40. The molecule has 2 rings (SSSR count). The predicted octanol–water partition coefficient (Wildman–Crippen LogP) is 1.81. The lowest BCUT2D eigenvalue weighted by Gasteiger charge is -2.32. The Kier molecular flexibility index (Phi) is 5.40. The first-order chi connectivity index (χ1) is 9.58. The molecule has 2 N–H and O–H groups in total. The Labute approximate surface area is 125 Å². The molecule has 1 saturated heterocycles. The molecule has 0 bridgehead atoms. The summed E-state index contributed by atoms with van der Waals surface area (Å²) in [6.45, 7) is 7.70. The lowest BCUT2D eigenvalue weighted by molar-refractivity contribution is -0.126. The first-order valence-corrected chi connectivity index (χ1v) is 7.46. The number of halogens is 1. The van der Waals surface area contributed by atoms with Crippen LogP contribution >= 0.6 is 11.6 Å². The van der Waals surface area contributed by atoms with Crippen LogP contribution in [0.25, 0.3) is 0 Å². The van der Waals surface area contributed by atoms with Crippen molar-refractivity contribution in [1.29, 1.82) is 0 Å². The smallest absolute Gasteiger partial charge is 0.237 e. The van der Waals surface area contributed by atoms with E-state index in [1.807, 2.05) is 38.1 Å². The van der Waals surface area contributed by atoms with Crippen LogP contribution < -0.4 is 10.6 Å². The zero-order valence-electron chi connectivity index (χ0n) is 12.0. The molecule has 1 fully saturated rings. The number of carbonyl (C=O) groups excluding carboxylic acids is 1. The van der Waals surface area contributed by atoms with E-state index >= 15 is 0 Å². The molecule has 1 aliphatic heterocycles. The largest absolute Gasteiger partial charge is 0.348 e. The van der Waals surface area contributed by atoms with E-state index in [-0.39, 0.29) is 18.0 Å². The molecule has 0 spiro atoms. The average Bonchev–Trinajstić information content (AvgIpc) is 2.48. The van der Waals surface area contributed by atoms with Gasteiger partial charge < -0.3 is 10.6 Å². The summed E-state index contributed by atoms with van der Waals surface area (Å²) >= 11 is 5.87. The second-order valence-electron chi connectivity index (χ2n) is 5.24. The standard InChI is InChI=1S/C15H22ClN3O/c1-11(13-3-5-14(16)6-4-13)18-15(20)12(2)19-9-7-17-8-10-19/h3-6,11-12,17H,7-10H2,1-2H3,(H,18,20). The first kappa shape index (κ1) is 15.3. The quantitative estimate of drug-likeness (QED) is 0.890. The molecule has 1 amide bonds. The maximum Gasteiger partial charge on any atom is 0.237 e. The van der Waals surface area contributed by atoms with E-state index in [1.54, 1.807) is 0 Å². The molecule has 4 nitrogen and oxygen atoms in total. The lowest BCUT2D eigenvalue weighted by Crippen LogP contribution is -2.52. The molecule has 0 aliphatic carbocycles. The molecule has 2 atom stereocenters. The van der Waals surface area contributed by atoms with Gasteiger partial charge >= 0.3 is 0 Å². The minimum Gasteiger partial charge on any atom is -0.348 e. The Balaban J connectivity index is 1.91. The number of piperazine rings is 1. The van der Waals surface area contributed by atoms with Crippen LogP contribution in [-0.2, 0) is 4.79 Å². The maximum absolute atomic E-state index is 12.3. The van der Waals surface area contributed by atoms with Gasteiger partial charge in [0.15, 0.2) is 0 Å². The van der Waals surface area contributed by atoms with Crippen molar-refractivity contribution in [3.05, 3.63) is 34.9 Å². The summed E-state index contributed by atoms with van der Waals surface area (Å²) in [4.78, 5) is 14.5. The van der Waals surface area contributed by atoms with Crippen molar-refractivity contribution in [3.63, 3.8) is 0 Å². The number of rotatable bonds is 4. The number of nitrogens with one attached hydrogen (secondary N) is 2. The predicted molar refractivity (Wildman–Crippen MR) is 81.9 cm³/mol. The summed E-state index contributed by atoms with van der Waals surface area (Å²) in [5.74, 6) is 0.0781. The Morgan fingerprint density at radius 1 is 1.25 bits per heavy atom. The normalized spacial score (nSPS) is 19.4. The second-order valence-corrected chi connectivity index (χ2v) is 5.68. The third kappa shape index (κ3) is 3.95. The summed E-state index contributed by atoms with van der Waals surface area (Å²) in [6, 6.07) is 7.49. The molecule has 1 aliphatic rings. The van der Waals surface area contributed by atoms with Gasteiger partial charge in [0.1, 0.15) is 0 Å². The molecular formula is C15H22ClN3O.